The summed E-state index contributed by atoms with van der Waals surface area (Å²) in [7, 11) is 1.94. The molecule has 5 rings (SSSR count). The maximum absolute atomic E-state index is 12.4. The van der Waals surface area contributed by atoms with Crippen LogP contribution in [0.1, 0.15) is 68.5 Å². The van der Waals surface area contributed by atoms with Crippen molar-refractivity contribution in [2.75, 3.05) is 26.2 Å². The summed E-state index contributed by atoms with van der Waals surface area (Å²) in [6, 6.07) is 6.96. The van der Waals surface area contributed by atoms with Crippen molar-refractivity contribution in [3.63, 3.8) is 0 Å². The molecule has 0 aliphatic carbocycles. The lowest BCUT2D eigenvalue weighted by Gasteiger charge is -2.37. The number of fused-ring (bicyclic) bond motifs is 1. The highest BCUT2D eigenvalue weighted by Crippen LogP contribution is 2.34. The van der Waals surface area contributed by atoms with Gasteiger partial charge in [0, 0.05) is 31.4 Å². The summed E-state index contributed by atoms with van der Waals surface area (Å²) in [4.78, 5) is 26.5. The molecule has 3 aliphatic heterocycles. The molecule has 0 radical (unpaired) electrons. The van der Waals surface area contributed by atoms with Gasteiger partial charge in [-0.1, -0.05) is 12.1 Å². The van der Waals surface area contributed by atoms with Crippen LogP contribution in [-0.2, 0) is 16.6 Å². The standard InChI is InChI=1S/C25H35N5O2/c1-16-13-17(7-10-26-16)15-30-11-8-18(9-12-30)19-3-4-20-22(14-19)29(2)28-24(20)21-5-6-23(31)27-25(21)32/h3-4,14,16-18,21,26H,5-13,15H2,1-2H3,(H,27,31,32)/i/hD. The van der Waals surface area contributed by atoms with Crippen LogP contribution in [-0.4, -0.2) is 58.7 Å². The third kappa shape index (κ3) is 4.33. The number of amides is 2. The molecule has 172 valence electrons. The lowest BCUT2D eigenvalue weighted by Crippen LogP contribution is -2.42. The molecule has 1 aromatic heterocycles. The van der Waals surface area contributed by atoms with Gasteiger partial charge in [0.05, 0.1) is 17.1 Å². The van der Waals surface area contributed by atoms with Gasteiger partial charge >= 0.3 is 0 Å². The van der Waals surface area contributed by atoms with Crippen LogP contribution in [0.3, 0.4) is 0 Å². The summed E-state index contributed by atoms with van der Waals surface area (Å²) >= 11 is 0. The van der Waals surface area contributed by atoms with E-state index in [-0.39, 0.29) is 17.7 Å². The predicted octanol–water partition coefficient (Wildman–Crippen LogP) is 2.66. The van der Waals surface area contributed by atoms with E-state index in [0.717, 1.165) is 67.8 Å². The first-order chi connectivity index (χ1) is 15.9. The Morgan fingerprint density at radius 2 is 2.00 bits per heavy atom. The van der Waals surface area contributed by atoms with E-state index in [1.54, 1.807) is 5.31 Å². The summed E-state index contributed by atoms with van der Waals surface area (Å²) < 4.78 is 9.82. The van der Waals surface area contributed by atoms with Crippen molar-refractivity contribution in [3.05, 3.63) is 29.5 Å². The largest absolute Gasteiger partial charge is 0.314 e. The average molecular weight is 439 g/mol. The van der Waals surface area contributed by atoms with E-state index < -0.39 is 0 Å². The van der Waals surface area contributed by atoms with E-state index in [0.29, 0.717) is 24.8 Å². The number of carbonyl (C=O) groups is 2. The minimum absolute atomic E-state index is 0.193. The summed E-state index contributed by atoms with van der Waals surface area (Å²) in [5.41, 5.74) is 3.20. The molecule has 3 fully saturated rings. The highest BCUT2D eigenvalue weighted by atomic mass is 16.2. The molecule has 4 heterocycles. The molecule has 2 aromatic rings. The van der Waals surface area contributed by atoms with Gasteiger partial charge in [-0.15, -0.1) is 0 Å². The molecule has 3 aliphatic rings. The number of aryl methyl sites for hydroxylation is 1. The first kappa shape index (κ1) is 20.4. The maximum atomic E-state index is 12.4. The van der Waals surface area contributed by atoms with Crippen LogP contribution >= 0.6 is 0 Å². The SMILES string of the molecule is [2H]N1CCC(CN2CCC(c3ccc4c(C5CCC(=O)NC5=O)nn(C)c4c3)CC2)CC1C. The normalized spacial score (nSPS) is 29.3. The Morgan fingerprint density at radius 1 is 1.19 bits per heavy atom. The Bertz CT molecular complexity index is 1040. The van der Waals surface area contributed by atoms with Crippen molar-refractivity contribution in [1.82, 2.24) is 25.3 Å². The number of piperidine rings is 3. The fourth-order valence-electron chi connectivity index (χ4n) is 5.90. The van der Waals surface area contributed by atoms with Gasteiger partial charge < -0.3 is 10.2 Å². The first-order valence-electron chi connectivity index (χ1n) is 12.6. The molecule has 2 N–H and O–H groups in total. The van der Waals surface area contributed by atoms with Crippen molar-refractivity contribution in [3.8, 4) is 0 Å². The molecule has 3 atom stereocenters. The smallest absolute Gasteiger partial charge is 0.235 e. The molecule has 1 aromatic carbocycles. The zero-order valence-corrected chi connectivity index (χ0v) is 19.2. The zero-order chi connectivity index (χ0) is 23.1. The number of aromatic nitrogens is 2. The van der Waals surface area contributed by atoms with Gasteiger partial charge in [-0.2, -0.15) is 5.10 Å². The fraction of sp³-hybridized carbons (Fsp3) is 0.640. The van der Waals surface area contributed by atoms with Crippen LogP contribution in [0.15, 0.2) is 18.2 Å². The van der Waals surface area contributed by atoms with Crippen LogP contribution in [0, 0.1) is 5.92 Å². The fourth-order valence-corrected chi connectivity index (χ4v) is 5.90. The Morgan fingerprint density at radius 3 is 2.75 bits per heavy atom. The van der Waals surface area contributed by atoms with Crippen molar-refractivity contribution in [2.45, 2.75) is 63.3 Å². The molecule has 7 heteroatoms. The van der Waals surface area contributed by atoms with Gasteiger partial charge in [0.1, 0.15) is 1.41 Å². The van der Waals surface area contributed by atoms with E-state index >= 15 is 0 Å². The van der Waals surface area contributed by atoms with Gasteiger partial charge in [0.15, 0.2) is 0 Å². The number of nitrogens with zero attached hydrogens (tertiary/aromatic N) is 3. The second kappa shape index (κ2) is 8.94. The number of rotatable bonds is 4. The highest BCUT2D eigenvalue weighted by Gasteiger charge is 2.32. The molecular weight excluding hydrogens is 402 g/mol. The molecule has 0 spiro atoms. The van der Waals surface area contributed by atoms with Crippen LogP contribution < -0.4 is 10.6 Å². The lowest BCUT2D eigenvalue weighted by molar-refractivity contribution is -0.134. The van der Waals surface area contributed by atoms with Gasteiger partial charge in [-0.05, 0) is 82.1 Å². The van der Waals surface area contributed by atoms with Gasteiger partial charge in [0.2, 0.25) is 11.8 Å². The minimum atomic E-state index is -0.356. The highest BCUT2D eigenvalue weighted by molar-refractivity contribution is 6.02. The molecule has 0 saturated carbocycles. The number of hydrogen-bond acceptors (Lipinski definition) is 5. The summed E-state index contributed by atoms with van der Waals surface area (Å²) in [6.45, 7) is 6.50. The lowest BCUT2D eigenvalue weighted by atomic mass is 9.86. The Hall–Kier alpha value is -2.25. The van der Waals surface area contributed by atoms with E-state index in [2.05, 4.69) is 40.4 Å². The number of carbonyl (C=O) groups excluding carboxylic acids is 2. The Kier molecular flexibility index (Phi) is 5.69. The topological polar surface area (TPSA) is 79.3 Å². The third-order valence-electron chi connectivity index (χ3n) is 7.70. The van der Waals surface area contributed by atoms with E-state index in [1.165, 1.54) is 12.1 Å². The molecule has 0 bridgehead atoms. The molecular formula is C25H35N5O2. The quantitative estimate of drug-likeness (QED) is 0.718. The van der Waals surface area contributed by atoms with E-state index in [9.17, 15) is 9.59 Å². The van der Waals surface area contributed by atoms with E-state index in [4.69, 9.17) is 1.41 Å². The summed E-state index contributed by atoms with van der Waals surface area (Å²) in [5.74, 6) is 0.486. The van der Waals surface area contributed by atoms with Crippen LogP contribution in [0.2, 0.25) is 1.41 Å². The average Bonchev–Trinajstić information content (AvgIpc) is 3.12. The van der Waals surface area contributed by atoms with Crippen molar-refractivity contribution < 1.29 is 11.0 Å². The predicted molar refractivity (Wildman–Crippen MR) is 124 cm³/mol. The van der Waals surface area contributed by atoms with E-state index in [1.807, 2.05) is 11.7 Å². The minimum Gasteiger partial charge on any atom is -0.314 e. The Labute approximate surface area is 191 Å². The van der Waals surface area contributed by atoms with Gasteiger partial charge in [-0.3, -0.25) is 19.6 Å². The van der Waals surface area contributed by atoms with Crippen molar-refractivity contribution in [1.29, 1.82) is 0 Å². The molecule has 7 nitrogen and oxygen atoms in total. The number of imide groups is 1. The monoisotopic (exact) mass is 438 g/mol. The van der Waals surface area contributed by atoms with Crippen molar-refractivity contribution >= 4 is 22.7 Å². The number of likely N-dealkylation sites (tertiary alicyclic amines) is 1. The zero-order valence-electron chi connectivity index (χ0n) is 20.2. The van der Waals surface area contributed by atoms with Crippen LogP contribution in [0.4, 0.5) is 0 Å². The molecule has 3 saturated heterocycles. The summed E-state index contributed by atoms with van der Waals surface area (Å²) in [6.07, 6.45) is 5.49. The number of hydrogen-bond donors (Lipinski definition) is 2. The number of benzene rings is 1. The maximum Gasteiger partial charge on any atom is 0.235 e. The van der Waals surface area contributed by atoms with Crippen LogP contribution in [0.25, 0.3) is 10.9 Å². The molecule has 2 amide bonds. The second-order valence-electron chi connectivity index (χ2n) is 10.0. The van der Waals surface area contributed by atoms with Gasteiger partial charge in [0.25, 0.3) is 0 Å². The second-order valence-corrected chi connectivity index (χ2v) is 10.0. The molecule has 32 heavy (non-hydrogen) atoms. The summed E-state index contributed by atoms with van der Waals surface area (Å²) in [5, 5.41) is 9.90. The third-order valence-corrected chi connectivity index (χ3v) is 7.70. The van der Waals surface area contributed by atoms with Crippen LogP contribution in [0.5, 0.6) is 0 Å². The first-order valence-corrected chi connectivity index (χ1v) is 12.2. The van der Waals surface area contributed by atoms with Crippen molar-refractivity contribution in [2.24, 2.45) is 13.0 Å². The Balaban J connectivity index is 1.24. The van der Waals surface area contributed by atoms with Gasteiger partial charge in [-0.25, -0.2) is 0 Å². The molecule has 3 unspecified atom stereocenters. The number of nitrogens with one attached hydrogen (secondary N) is 2.